The second-order valence-corrected chi connectivity index (χ2v) is 7.91. The number of hydrogen-bond acceptors (Lipinski definition) is 5. The minimum absolute atomic E-state index is 0.0376. The Morgan fingerprint density at radius 1 is 1.29 bits per heavy atom. The van der Waals surface area contributed by atoms with Crippen molar-refractivity contribution < 1.29 is 4.42 Å². The molecule has 0 radical (unpaired) electrons. The van der Waals surface area contributed by atoms with E-state index in [0.717, 1.165) is 16.5 Å². The van der Waals surface area contributed by atoms with Gasteiger partial charge in [0.15, 0.2) is 5.96 Å². The van der Waals surface area contributed by atoms with Crippen LogP contribution in [0.2, 0.25) is 0 Å². The third-order valence-electron chi connectivity index (χ3n) is 3.49. The number of aromatic nitrogens is 2. The highest BCUT2D eigenvalue weighted by Crippen LogP contribution is 2.22. The number of hydrogen-bond donors (Lipinski definition) is 2. The van der Waals surface area contributed by atoms with Crippen LogP contribution in [0.4, 0.5) is 0 Å². The van der Waals surface area contributed by atoms with E-state index >= 15 is 0 Å². The first-order valence-corrected chi connectivity index (χ1v) is 9.01. The molecule has 2 heterocycles. The second kappa shape index (κ2) is 7.79. The maximum absolute atomic E-state index is 5.77. The van der Waals surface area contributed by atoms with Crippen molar-refractivity contribution in [3.05, 3.63) is 33.9 Å². The van der Waals surface area contributed by atoms with Gasteiger partial charge in [0.25, 0.3) is 0 Å². The predicted octanol–water partition coefficient (Wildman–Crippen LogP) is 3.42. The first-order valence-electron chi connectivity index (χ1n) is 8.13. The maximum atomic E-state index is 5.77. The van der Waals surface area contributed by atoms with Crippen LogP contribution in [0.3, 0.4) is 0 Å². The zero-order valence-corrected chi connectivity index (χ0v) is 16.1. The van der Waals surface area contributed by atoms with E-state index in [0.29, 0.717) is 30.9 Å². The Bertz CT molecular complexity index is 681. The predicted molar refractivity (Wildman–Crippen MR) is 98.4 cm³/mol. The average Bonchev–Trinajstić information content (AvgIpc) is 3.16. The Morgan fingerprint density at radius 2 is 2.00 bits per heavy atom. The maximum Gasteiger partial charge on any atom is 0.213 e. The fraction of sp³-hybridized carbons (Fsp3) is 0.588. The summed E-state index contributed by atoms with van der Waals surface area (Å²) in [6.45, 7) is 11.7. The molecule has 0 amide bonds. The smallest absolute Gasteiger partial charge is 0.213 e. The number of rotatable bonds is 5. The summed E-state index contributed by atoms with van der Waals surface area (Å²) in [5.41, 5.74) is 1.10. The highest BCUT2D eigenvalue weighted by molar-refractivity contribution is 7.09. The van der Waals surface area contributed by atoms with Gasteiger partial charge in [0.1, 0.15) is 10.8 Å². The molecule has 24 heavy (non-hydrogen) atoms. The quantitative estimate of drug-likeness (QED) is 0.639. The summed E-state index contributed by atoms with van der Waals surface area (Å²) >= 11 is 1.66. The van der Waals surface area contributed by atoms with Crippen LogP contribution in [0.5, 0.6) is 0 Å². The van der Waals surface area contributed by atoms with Gasteiger partial charge >= 0.3 is 0 Å². The summed E-state index contributed by atoms with van der Waals surface area (Å²) in [5.74, 6) is 2.69. The van der Waals surface area contributed by atoms with E-state index in [1.165, 1.54) is 0 Å². The van der Waals surface area contributed by atoms with Crippen LogP contribution >= 0.6 is 11.3 Å². The van der Waals surface area contributed by atoms with Gasteiger partial charge in [-0.25, -0.2) is 9.97 Å². The number of nitrogens with zero attached hydrogens (tertiary/aromatic N) is 3. The van der Waals surface area contributed by atoms with Gasteiger partial charge in [-0.1, -0.05) is 34.6 Å². The minimum Gasteiger partial charge on any atom is -0.443 e. The van der Waals surface area contributed by atoms with Crippen LogP contribution in [0.1, 0.15) is 62.9 Å². The molecule has 0 atom stereocenters. The fourth-order valence-electron chi connectivity index (χ4n) is 1.95. The third kappa shape index (κ3) is 5.06. The number of guanidine groups is 1. The molecule has 0 unspecified atom stereocenters. The Balaban J connectivity index is 1.85. The molecule has 2 aromatic rings. The zero-order chi connectivity index (χ0) is 17.7. The van der Waals surface area contributed by atoms with E-state index in [9.17, 15) is 0 Å². The average molecular weight is 350 g/mol. The Kier molecular flexibility index (Phi) is 5.99. The van der Waals surface area contributed by atoms with Crippen LogP contribution in [0, 0.1) is 0 Å². The van der Waals surface area contributed by atoms with Crippen LogP contribution in [-0.4, -0.2) is 23.0 Å². The first-order chi connectivity index (χ1) is 11.3. The van der Waals surface area contributed by atoms with Crippen molar-refractivity contribution in [3.63, 3.8) is 0 Å². The molecule has 132 valence electrons. The molecule has 2 aromatic heterocycles. The lowest BCUT2D eigenvalue weighted by Gasteiger charge is -2.13. The highest BCUT2D eigenvalue weighted by atomic mass is 32.1. The molecule has 2 rings (SSSR count). The molecule has 0 fully saturated rings. The lowest BCUT2D eigenvalue weighted by atomic mass is 9.94. The van der Waals surface area contributed by atoms with Gasteiger partial charge < -0.3 is 15.1 Å². The van der Waals surface area contributed by atoms with Crippen molar-refractivity contribution >= 4 is 17.3 Å². The summed E-state index contributed by atoms with van der Waals surface area (Å²) in [5, 5.41) is 9.63. The summed E-state index contributed by atoms with van der Waals surface area (Å²) in [6.07, 6.45) is 1.79. The van der Waals surface area contributed by atoms with Crippen molar-refractivity contribution in [2.24, 2.45) is 4.99 Å². The van der Waals surface area contributed by atoms with Gasteiger partial charge in [0.2, 0.25) is 5.89 Å². The largest absolute Gasteiger partial charge is 0.443 e. The second-order valence-electron chi connectivity index (χ2n) is 6.97. The van der Waals surface area contributed by atoms with Crippen LogP contribution in [-0.2, 0) is 18.5 Å². The SMILES string of the molecule is CN=C(NCc1ncc(C(C)(C)C)o1)NCc1nc(C(C)C)cs1. The molecular weight excluding hydrogens is 322 g/mol. The van der Waals surface area contributed by atoms with Crippen molar-refractivity contribution in [1.29, 1.82) is 0 Å². The van der Waals surface area contributed by atoms with Crippen molar-refractivity contribution in [2.75, 3.05) is 7.05 Å². The van der Waals surface area contributed by atoms with Crippen LogP contribution < -0.4 is 10.6 Å². The van der Waals surface area contributed by atoms with Crippen LogP contribution in [0.25, 0.3) is 0 Å². The molecule has 0 spiro atoms. The molecule has 6 nitrogen and oxygen atoms in total. The summed E-state index contributed by atoms with van der Waals surface area (Å²) in [6, 6.07) is 0. The molecular formula is C17H27N5OS. The Hall–Kier alpha value is -1.89. The summed E-state index contributed by atoms with van der Waals surface area (Å²) in [7, 11) is 1.74. The van der Waals surface area contributed by atoms with E-state index in [4.69, 9.17) is 4.42 Å². The van der Waals surface area contributed by atoms with Gasteiger partial charge in [-0.05, 0) is 5.92 Å². The number of nitrogens with one attached hydrogen (secondary N) is 2. The molecule has 0 bridgehead atoms. The van der Waals surface area contributed by atoms with Gasteiger partial charge in [0.05, 0.1) is 25.0 Å². The molecule has 0 aliphatic rings. The Labute approximate surface area is 147 Å². The lowest BCUT2D eigenvalue weighted by Crippen LogP contribution is -2.36. The van der Waals surface area contributed by atoms with Crippen molar-refractivity contribution in [3.8, 4) is 0 Å². The van der Waals surface area contributed by atoms with Gasteiger partial charge in [0, 0.05) is 17.8 Å². The van der Waals surface area contributed by atoms with Gasteiger partial charge in [-0.2, -0.15) is 0 Å². The van der Waals surface area contributed by atoms with Crippen molar-refractivity contribution in [1.82, 2.24) is 20.6 Å². The van der Waals surface area contributed by atoms with Gasteiger partial charge in [-0.15, -0.1) is 11.3 Å². The fourth-order valence-corrected chi connectivity index (χ4v) is 2.84. The summed E-state index contributed by atoms with van der Waals surface area (Å²) in [4.78, 5) is 13.1. The van der Waals surface area contributed by atoms with Gasteiger partial charge in [-0.3, -0.25) is 4.99 Å². The first kappa shape index (κ1) is 18.4. The third-order valence-corrected chi connectivity index (χ3v) is 4.36. The molecule has 0 aliphatic carbocycles. The molecule has 0 saturated carbocycles. The van der Waals surface area contributed by atoms with E-state index in [1.807, 2.05) is 0 Å². The van der Waals surface area contributed by atoms with E-state index in [-0.39, 0.29) is 5.41 Å². The van der Waals surface area contributed by atoms with Crippen LogP contribution in [0.15, 0.2) is 21.0 Å². The summed E-state index contributed by atoms with van der Waals surface area (Å²) < 4.78 is 5.77. The Morgan fingerprint density at radius 3 is 2.54 bits per heavy atom. The van der Waals surface area contributed by atoms with Crippen molar-refractivity contribution in [2.45, 2.75) is 59.0 Å². The molecule has 0 aromatic carbocycles. The van der Waals surface area contributed by atoms with E-state index in [2.05, 4.69) is 65.6 Å². The minimum atomic E-state index is -0.0376. The van der Waals surface area contributed by atoms with E-state index < -0.39 is 0 Å². The zero-order valence-electron chi connectivity index (χ0n) is 15.3. The monoisotopic (exact) mass is 349 g/mol. The number of thiazole rings is 1. The molecule has 0 aliphatic heterocycles. The lowest BCUT2D eigenvalue weighted by molar-refractivity contribution is 0.379. The molecule has 7 heteroatoms. The molecule has 2 N–H and O–H groups in total. The standard InChI is InChI=1S/C17H27N5OS/c1-11(2)12-10-24-15(22-12)9-21-16(18-6)20-8-14-19-7-13(23-14)17(3,4)5/h7,10-11H,8-9H2,1-6H3,(H2,18,20,21). The normalized spacial score (nSPS) is 12.7. The number of oxazole rings is 1. The highest BCUT2D eigenvalue weighted by Gasteiger charge is 2.19. The topological polar surface area (TPSA) is 75.3 Å². The number of aliphatic imine (C=N–C) groups is 1. The molecule has 0 saturated heterocycles. The van der Waals surface area contributed by atoms with E-state index in [1.54, 1.807) is 24.6 Å².